The number of hydrogen-bond acceptors (Lipinski definition) is 6. The van der Waals surface area contributed by atoms with Gasteiger partial charge in [-0.15, -0.1) is 0 Å². The molecule has 22 heavy (non-hydrogen) atoms. The lowest BCUT2D eigenvalue weighted by atomic mass is 10.00. The predicted octanol–water partition coefficient (Wildman–Crippen LogP) is 3.49. The molecule has 3 rings (SSSR count). The molecule has 2 atom stereocenters. The lowest BCUT2D eigenvalue weighted by Gasteiger charge is -2.24. The first-order valence-electron chi connectivity index (χ1n) is 7.98. The minimum absolute atomic E-state index is 0.0932. The molecule has 2 aliphatic rings. The third kappa shape index (κ3) is 4.38. The Morgan fingerprint density at radius 2 is 2.05 bits per heavy atom. The second-order valence-corrected chi connectivity index (χ2v) is 8.39. The Morgan fingerprint density at radius 3 is 2.73 bits per heavy atom. The van der Waals surface area contributed by atoms with Crippen LogP contribution in [0.15, 0.2) is 18.5 Å². The van der Waals surface area contributed by atoms with Crippen molar-refractivity contribution in [3.8, 4) is 0 Å². The highest BCUT2D eigenvalue weighted by Gasteiger charge is 2.32. The molecule has 1 aromatic rings. The van der Waals surface area contributed by atoms with Crippen LogP contribution in [0.25, 0.3) is 0 Å². The van der Waals surface area contributed by atoms with Crippen LogP contribution in [-0.4, -0.2) is 38.4 Å². The molecular weight excluding hydrogens is 316 g/mol. The highest BCUT2D eigenvalue weighted by atomic mass is 32.2. The molecule has 0 aromatic carbocycles. The van der Waals surface area contributed by atoms with Crippen molar-refractivity contribution in [3.05, 3.63) is 24.3 Å². The number of aromatic nitrogens is 2. The fourth-order valence-corrected chi connectivity index (χ4v) is 5.77. The number of esters is 1. The van der Waals surface area contributed by atoms with Crippen molar-refractivity contribution in [1.82, 2.24) is 9.97 Å². The molecule has 1 saturated heterocycles. The van der Waals surface area contributed by atoms with Gasteiger partial charge in [-0.3, -0.25) is 4.79 Å². The molecule has 4 nitrogen and oxygen atoms in total. The monoisotopic (exact) mass is 338 g/mol. The van der Waals surface area contributed by atoms with E-state index in [1.807, 2.05) is 23.5 Å². The van der Waals surface area contributed by atoms with E-state index in [0.717, 1.165) is 24.3 Å². The molecule has 0 unspecified atom stereocenters. The number of hydrogen-bond donors (Lipinski definition) is 0. The molecule has 2 fully saturated rings. The van der Waals surface area contributed by atoms with Gasteiger partial charge in [0.15, 0.2) is 11.9 Å². The average Bonchev–Trinajstić information content (AvgIpc) is 3.08. The minimum Gasteiger partial charge on any atom is -0.454 e. The van der Waals surface area contributed by atoms with E-state index in [1.165, 1.54) is 18.6 Å². The molecule has 0 spiro atoms. The third-order valence-corrected chi connectivity index (χ3v) is 7.05. The Bertz CT molecular complexity index is 474. The van der Waals surface area contributed by atoms with E-state index in [-0.39, 0.29) is 12.1 Å². The number of carbonyl (C=O) groups is 1. The van der Waals surface area contributed by atoms with Crippen molar-refractivity contribution in [1.29, 1.82) is 0 Å². The van der Waals surface area contributed by atoms with Gasteiger partial charge >= 0.3 is 5.97 Å². The molecule has 1 aromatic heterocycles. The molecule has 2 heterocycles. The Labute approximate surface area is 140 Å². The molecule has 1 saturated carbocycles. The van der Waals surface area contributed by atoms with Crippen LogP contribution in [0, 0.1) is 5.92 Å². The SMILES string of the molecule is O=C(C[C@H]1CSCCS1)O[C@@H](c1ncccn1)C1CCCC1. The fraction of sp³-hybridized carbons (Fsp3) is 0.688. The maximum Gasteiger partial charge on any atom is 0.307 e. The molecule has 1 aliphatic carbocycles. The van der Waals surface area contributed by atoms with Gasteiger partial charge in [0.2, 0.25) is 0 Å². The summed E-state index contributed by atoms with van der Waals surface area (Å²) in [6.45, 7) is 0. The van der Waals surface area contributed by atoms with Crippen molar-refractivity contribution in [2.24, 2.45) is 5.92 Å². The zero-order valence-corrected chi connectivity index (χ0v) is 14.3. The van der Waals surface area contributed by atoms with E-state index in [9.17, 15) is 4.79 Å². The van der Waals surface area contributed by atoms with E-state index >= 15 is 0 Å². The van der Waals surface area contributed by atoms with Crippen LogP contribution in [0.3, 0.4) is 0 Å². The van der Waals surface area contributed by atoms with Gasteiger partial charge in [-0.25, -0.2) is 9.97 Å². The Balaban J connectivity index is 1.63. The maximum atomic E-state index is 12.4. The van der Waals surface area contributed by atoms with Gasteiger partial charge in [0.25, 0.3) is 0 Å². The van der Waals surface area contributed by atoms with Crippen molar-refractivity contribution in [3.63, 3.8) is 0 Å². The summed E-state index contributed by atoms with van der Waals surface area (Å²) in [7, 11) is 0. The summed E-state index contributed by atoms with van der Waals surface area (Å²) in [6, 6.07) is 1.80. The molecule has 0 bridgehead atoms. The topological polar surface area (TPSA) is 52.1 Å². The third-order valence-electron chi connectivity index (χ3n) is 4.21. The first-order chi connectivity index (χ1) is 10.8. The van der Waals surface area contributed by atoms with Crippen LogP contribution in [-0.2, 0) is 9.53 Å². The van der Waals surface area contributed by atoms with E-state index < -0.39 is 0 Å². The summed E-state index contributed by atoms with van der Waals surface area (Å²) in [5.41, 5.74) is 0. The number of thioether (sulfide) groups is 2. The van der Waals surface area contributed by atoms with Gasteiger partial charge in [0.05, 0.1) is 6.42 Å². The summed E-state index contributed by atoms with van der Waals surface area (Å²) < 4.78 is 5.84. The van der Waals surface area contributed by atoms with Crippen molar-refractivity contribution < 1.29 is 9.53 Å². The van der Waals surface area contributed by atoms with E-state index in [0.29, 0.717) is 23.4 Å². The van der Waals surface area contributed by atoms with E-state index in [4.69, 9.17) is 4.74 Å². The predicted molar refractivity (Wildman–Crippen MR) is 91.0 cm³/mol. The van der Waals surface area contributed by atoms with E-state index in [2.05, 4.69) is 9.97 Å². The molecule has 1 aliphatic heterocycles. The lowest BCUT2D eigenvalue weighted by molar-refractivity contribution is -0.152. The first kappa shape index (κ1) is 16.1. The minimum atomic E-state index is -0.266. The number of nitrogens with zero attached hydrogens (tertiary/aromatic N) is 2. The number of ether oxygens (including phenoxy) is 1. The fourth-order valence-electron chi connectivity index (χ4n) is 3.11. The van der Waals surface area contributed by atoms with Crippen molar-refractivity contribution >= 4 is 29.5 Å². The number of rotatable bonds is 5. The van der Waals surface area contributed by atoms with Crippen molar-refractivity contribution in [2.45, 2.75) is 43.5 Å². The molecular formula is C16H22N2O2S2. The smallest absolute Gasteiger partial charge is 0.307 e. The standard InChI is InChI=1S/C16H22N2O2S2/c19-14(10-13-11-21-8-9-22-13)20-15(12-4-1-2-5-12)16-17-6-3-7-18-16/h3,6-7,12-13,15H,1-2,4-5,8-11H2/t13-,15+/m0/s1. The summed E-state index contributed by atoms with van der Waals surface area (Å²) in [5.74, 6) is 4.32. The quantitative estimate of drug-likeness (QED) is 0.766. The second-order valence-electron chi connectivity index (χ2n) is 5.83. The van der Waals surface area contributed by atoms with Gasteiger partial charge in [0.1, 0.15) is 0 Å². The maximum absolute atomic E-state index is 12.4. The average molecular weight is 338 g/mol. The Hall–Kier alpha value is -0.750. The lowest BCUT2D eigenvalue weighted by Crippen LogP contribution is -2.24. The summed E-state index contributed by atoms with van der Waals surface area (Å²) in [4.78, 5) is 21.0. The summed E-state index contributed by atoms with van der Waals surface area (Å²) in [5, 5.41) is 0.396. The summed E-state index contributed by atoms with van der Waals surface area (Å²) >= 11 is 3.83. The second kappa shape index (κ2) is 8.20. The van der Waals surface area contributed by atoms with Crippen LogP contribution < -0.4 is 0 Å². The Kier molecular flexibility index (Phi) is 6.01. The van der Waals surface area contributed by atoms with E-state index in [1.54, 1.807) is 18.5 Å². The van der Waals surface area contributed by atoms with Gasteiger partial charge in [-0.2, -0.15) is 23.5 Å². The van der Waals surface area contributed by atoms with Crippen LogP contribution >= 0.6 is 23.5 Å². The zero-order chi connectivity index (χ0) is 15.2. The van der Waals surface area contributed by atoms with Crippen LogP contribution in [0.4, 0.5) is 0 Å². The van der Waals surface area contributed by atoms with Gasteiger partial charge in [-0.1, -0.05) is 12.8 Å². The summed E-state index contributed by atoms with van der Waals surface area (Å²) in [6.07, 6.45) is 8.32. The van der Waals surface area contributed by atoms with Crippen LogP contribution in [0.1, 0.15) is 44.0 Å². The van der Waals surface area contributed by atoms with Crippen LogP contribution in [0.5, 0.6) is 0 Å². The van der Waals surface area contributed by atoms with Crippen molar-refractivity contribution in [2.75, 3.05) is 17.3 Å². The highest BCUT2D eigenvalue weighted by Crippen LogP contribution is 2.37. The normalized spacial score (nSPS) is 24.1. The van der Waals surface area contributed by atoms with Crippen LogP contribution in [0.2, 0.25) is 0 Å². The molecule has 120 valence electrons. The first-order valence-corrected chi connectivity index (χ1v) is 10.2. The van der Waals surface area contributed by atoms with Gasteiger partial charge in [0, 0.05) is 40.8 Å². The highest BCUT2D eigenvalue weighted by molar-refractivity contribution is 8.06. The zero-order valence-electron chi connectivity index (χ0n) is 12.6. The Morgan fingerprint density at radius 1 is 1.27 bits per heavy atom. The molecule has 0 N–H and O–H groups in total. The van der Waals surface area contributed by atoms with Gasteiger partial charge < -0.3 is 4.74 Å². The number of carbonyl (C=O) groups excluding carboxylic acids is 1. The molecule has 6 heteroatoms. The molecule has 0 amide bonds. The van der Waals surface area contributed by atoms with Gasteiger partial charge in [-0.05, 0) is 18.9 Å². The largest absolute Gasteiger partial charge is 0.454 e. The molecule has 0 radical (unpaired) electrons.